The van der Waals surface area contributed by atoms with Gasteiger partial charge in [-0.1, -0.05) is 18.2 Å². The Morgan fingerprint density at radius 3 is 2.32 bits per heavy atom. The smallest absolute Gasteiger partial charge is 0.410 e. The van der Waals surface area contributed by atoms with Crippen molar-refractivity contribution in [1.29, 1.82) is 0 Å². The van der Waals surface area contributed by atoms with Crippen LogP contribution in [0.5, 0.6) is 0 Å². The number of methoxy groups -OCH3 is 1. The molecule has 2 unspecified atom stereocenters. The van der Waals surface area contributed by atoms with Crippen molar-refractivity contribution in [3.63, 3.8) is 0 Å². The molecule has 0 N–H and O–H groups in total. The summed E-state index contributed by atoms with van der Waals surface area (Å²) >= 11 is 0. The molecule has 1 amide bonds. The van der Waals surface area contributed by atoms with Crippen molar-refractivity contribution in [2.75, 3.05) is 13.7 Å². The van der Waals surface area contributed by atoms with E-state index in [0.29, 0.717) is 12.0 Å². The second kappa shape index (κ2) is 8.11. The summed E-state index contributed by atoms with van der Waals surface area (Å²) in [6.45, 7) is 8.74. The maximum Gasteiger partial charge on any atom is 0.410 e. The first-order valence-corrected chi connectivity index (χ1v) is 10.8. The van der Waals surface area contributed by atoms with E-state index >= 15 is 0 Å². The highest BCUT2D eigenvalue weighted by Gasteiger charge is 2.46. The first-order valence-electron chi connectivity index (χ1n) is 9.30. The SMILES string of the molecule is COC(=O)C1CCN(C(=O)OC(C)(C)C)C1c1ccccc1S(=O)(=O)C(C)C. The number of carbonyl (C=O) groups excluding carboxylic acids is 2. The average Bonchev–Trinajstić information content (AvgIpc) is 3.04. The Morgan fingerprint density at radius 1 is 1.18 bits per heavy atom. The van der Waals surface area contributed by atoms with E-state index in [9.17, 15) is 18.0 Å². The minimum Gasteiger partial charge on any atom is -0.469 e. The number of hydrogen-bond acceptors (Lipinski definition) is 6. The molecule has 28 heavy (non-hydrogen) atoms. The van der Waals surface area contributed by atoms with Crippen molar-refractivity contribution >= 4 is 21.9 Å². The van der Waals surface area contributed by atoms with Crippen LogP contribution in [0.2, 0.25) is 0 Å². The highest BCUT2D eigenvalue weighted by molar-refractivity contribution is 7.92. The second-order valence-corrected chi connectivity index (χ2v) is 10.6. The highest BCUT2D eigenvalue weighted by atomic mass is 32.2. The average molecular weight is 412 g/mol. The predicted octanol–water partition coefficient (Wildman–Crippen LogP) is 3.34. The predicted molar refractivity (Wildman–Crippen MR) is 105 cm³/mol. The molecule has 0 aliphatic carbocycles. The normalized spacial score (nSPS) is 20.3. The molecule has 0 bridgehead atoms. The van der Waals surface area contributed by atoms with E-state index in [2.05, 4.69) is 0 Å². The lowest BCUT2D eigenvalue weighted by Gasteiger charge is -2.31. The number of benzene rings is 1. The fourth-order valence-electron chi connectivity index (χ4n) is 3.34. The Balaban J connectivity index is 2.59. The van der Waals surface area contributed by atoms with Gasteiger partial charge in [0.05, 0.1) is 29.2 Å². The van der Waals surface area contributed by atoms with E-state index < -0.39 is 44.7 Å². The van der Waals surface area contributed by atoms with E-state index in [0.717, 1.165) is 0 Å². The van der Waals surface area contributed by atoms with Crippen molar-refractivity contribution in [1.82, 2.24) is 4.90 Å². The van der Waals surface area contributed by atoms with Crippen LogP contribution in [0.15, 0.2) is 29.2 Å². The molecule has 1 aromatic rings. The van der Waals surface area contributed by atoms with Crippen LogP contribution in [0, 0.1) is 5.92 Å². The molecule has 1 heterocycles. The second-order valence-electron chi connectivity index (χ2n) is 8.17. The zero-order chi connectivity index (χ0) is 21.3. The fourth-order valence-corrected chi connectivity index (χ4v) is 4.63. The summed E-state index contributed by atoms with van der Waals surface area (Å²) in [6.07, 6.45) is -0.215. The molecule has 7 nitrogen and oxygen atoms in total. The number of rotatable bonds is 4. The quantitative estimate of drug-likeness (QED) is 0.706. The lowest BCUT2D eigenvalue weighted by atomic mass is 9.93. The fraction of sp³-hybridized carbons (Fsp3) is 0.600. The van der Waals surface area contributed by atoms with Gasteiger partial charge < -0.3 is 14.4 Å². The van der Waals surface area contributed by atoms with Crippen molar-refractivity contribution in [2.45, 2.75) is 62.8 Å². The number of carbonyl (C=O) groups is 2. The van der Waals surface area contributed by atoms with Crippen LogP contribution in [-0.4, -0.2) is 49.9 Å². The lowest BCUT2D eigenvalue weighted by molar-refractivity contribution is -0.146. The summed E-state index contributed by atoms with van der Waals surface area (Å²) in [4.78, 5) is 26.8. The van der Waals surface area contributed by atoms with Crippen LogP contribution in [0.4, 0.5) is 4.79 Å². The van der Waals surface area contributed by atoms with Gasteiger partial charge in [0.15, 0.2) is 9.84 Å². The van der Waals surface area contributed by atoms with Gasteiger partial charge in [-0.15, -0.1) is 0 Å². The van der Waals surface area contributed by atoms with Gasteiger partial charge >= 0.3 is 12.1 Å². The first kappa shape index (κ1) is 22.2. The maximum absolute atomic E-state index is 12.9. The van der Waals surface area contributed by atoms with E-state index in [1.165, 1.54) is 18.1 Å². The van der Waals surface area contributed by atoms with Crippen LogP contribution >= 0.6 is 0 Å². The number of likely N-dealkylation sites (tertiary alicyclic amines) is 1. The van der Waals surface area contributed by atoms with Gasteiger partial charge in [-0.3, -0.25) is 4.79 Å². The minimum atomic E-state index is -3.62. The molecule has 1 saturated heterocycles. The minimum absolute atomic E-state index is 0.124. The molecule has 0 saturated carbocycles. The number of ether oxygens (including phenoxy) is 2. The molecule has 2 rings (SSSR count). The third kappa shape index (κ3) is 4.48. The van der Waals surface area contributed by atoms with Crippen LogP contribution in [0.25, 0.3) is 0 Å². The van der Waals surface area contributed by atoms with Crippen molar-refractivity contribution in [2.24, 2.45) is 5.92 Å². The summed E-state index contributed by atoms with van der Waals surface area (Å²) in [5, 5.41) is -0.637. The Morgan fingerprint density at radius 2 is 1.79 bits per heavy atom. The Bertz CT molecular complexity index is 840. The number of nitrogens with zero attached hydrogens (tertiary/aromatic N) is 1. The monoisotopic (exact) mass is 411 g/mol. The molecule has 0 radical (unpaired) electrons. The van der Waals surface area contributed by atoms with Crippen LogP contribution in [0.1, 0.15) is 52.6 Å². The number of sulfone groups is 1. The van der Waals surface area contributed by atoms with Crippen molar-refractivity contribution in [3.05, 3.63) is 29.8 Å². The van der Waals surface area contributed by atoms with Crippen molar-refractivity contribution < 1.29 is 27.5 Å². The van der Waals surface area contributed by atoms with Gasteiger partial charge in [-0.05, 0) is 52.7 Å². The molecule has 0 spiro atoms. The highest BCUT2D eigenvalue weighted by Crippen LogP contribution is 2.41. The molecule has 156 valence electrons. The summed E-state index contributed by atoms with van der Waals surface area (Å²) in [5.74, 6) is -1.14. The van der Waals surface area contributed by atoms with E-state index in [-0.39, 0.29) is 11.4 Å². The van der Waals surface area contributed by atoms with Crippen LogP contribution in [0.3, 0.4) is 0 Å². The molecule has 0 aromatic heterocycles. The number of amides is 1. The summed E-state index contributed by atoms with van der Waals surface area (Å²) in [6, 6.07) is 5.74. The molecular weight excluding hydrogens is 382 g/mol. The summed E-state index contributed by atoms with van der Waals surface area (Å²) < 4.78 is 36.2. The Hall–Kier alpha value is -2.09. The largest absolute Gasteiger partial charge is 0.469 e. The van der Waals surface area contributed by atoms with Gasteiger partial charge in [-0.2, -0.15) is 0 Å². The van der Waals surface area contributed by atoms with Crippen LogP contribution < -0.4 is 0 Å². The Kier molecular flexibility index (Phi) is 6.43. The van der Waals surface area contributed by atoms with E-state index in [1.54, 1.807) is 52.8 Å². The van der Waals surface area contributed by atoms with Gasteiger partial charge in [-0.25, -0.2) is 13.2 Å². The van der Waals surface area contributed by atoms with E-state index in [4.69, 9.17) is 9.47 Å². The zero-order valence-electron chi connectivity index (χ0n) is 17.3. The Labute approximate surface area is 166 Å². The van der Waals surface area contributed by atoms with Gasteiger partial charge in [0, 0.05) is 6.54 Å². The van der Waals surface area contributed by atoms with Gasteiger partial charge in [0.25, 0.3) is 0 Å². The topological polar surface area (TPSA) is 90.0 Å². The summed E-state index contributed by atoms with van der Waals surface area (Å²) in [5.41, 5.74) is -0.302. The maximum atomic E-state index is 12.9. The molecule has 1 fully saturated rings. The zero-order valence-corrected chi connectivity index (χ0v) is 18.1. The molecule has 1 aliphatic rings. The van der Waals surface area contributed by atoms with Crippen LogP contribution in [-0.2, 0) is 24.1 Å². The van der Waals surface area contributed by atoms with Gasteiger partial charge in [0.2, 0.25) is 0 Å². The lowest BCUT2D eigenvalue weighted by Crippen LogP contribution is -2.38. The first-order chi connectivity index (χ1) is 12.9. The third-order valence-corrected chi connectivity index (χ3v) is 6.92. The third-order valence-electron chi connectivity index (χ3n) is 4.69. The summed E-state index contributed by atoms with van der Waals surface area (Å²) in [7, 11) is -2.33. The molecule has 8 heteroatoms. The number of esters is 1. The van der Waals surface area contributed by atoms with Crippen molar-refractivity contribution in [3.8, 4) is 0 Å². The molecule has 1 aliphatic heterocycles. The van der Waals surface area contributed by atoms with Gasteiger partial charge in [0.1, 0.15) is 5.60 Å². The molecule has 2 atom stereocenters. The standard InChI is InChI=1S/C20H29NO6S/c1-13(2)28(24,25)16-10-8-7-9-14(16)17-15(18(22)26-6)11-12-21(17)19(23)27-20(3,4)5/h7-10,13,15,17H,11-12H2,1-6H3. The number of hydrogen-bond donors (Lipinski definition) is 0. The molecular formula is C20H29NO6S. The molecule has 1 aromatic carbocycles. The van der Waals surface area contributed by atoms with E-state index in [1.807, 2.05) is 0 Å².